The van der Waals surface area contributed by atoms with E-state index < -0.39 is 23.4 Å². The predicted octanol–water partition coefficient (Wildman–Crippen LogP) is 3.78. The summed E-state index contributed by atoms with van der Waals surface area (Å²) in [7, 11) is 0. The molecule has 1 N–H and O–H groups in total. The van der Waals surface area contributed by atoms with E-state index in [1.165, 1.54) is 0 Å². The molecule has 1 aromatic heterocycles. The zero-order valence-corrected chi connectivity index (χ0v) is 11.9. The fraction of sp³-hybridized carbons (Fsp3) is 0.500. The van der Waals surface area contributed by atoms with Crippen molar-refractivity contribution in [3.05, 3.63) is 28.5 Å². The van der Waals surface area contributed by atoms with Crippen LogP contribution < -0.4 is 5.32 Å². The summed E-state index contributed by atoms with van der Waals surface area (Å²) >= 11 is 5.70. The first-order valence-electron chi connectivity index (χ1n) is 5.67. The SMILES string of the molecule is CC(C)(C)OC(=O)NCc1ncc(C(F)(F)F)cc1Cl. The number of alkyl carbamates (subject to hydrolysis) is 1. The molecule has 1 rings (SSSR count). The predicted molar refractivity (Wildman–Crippen MR) is 67.3 cm³/mol. The molecule has 0 aromatic carbocycles. The minimum absolute atomic E-state index is 0.119. The average Bonchev–Trinajstić information content (AvgIpc) is 2.23. The summed E-state index contributed by atoms with van der Waals surface area (Å²) in [5.74, 6) is 0. The van der Waals surface area contributed by atoms with Crippen molar-refractivity contribution in [3.8, 4) is 0 Å². The molecule has 0 saturated carbocycles. The third kappa shape index (κ3) is 5.24. The van der Waals surface area contributed by atoms with Gasteiger partial charge < -0.3 is 10.1 Å². The number of nitrogens with zero attached hydrogens (tertiary/aromatic N) is 1. The van der Waals surface area contributed by atoms with Crippen molar-refractivity contribution in [2.45, 2.75) is 39.1 Å². The molecule has 20 heavy (non-hydrogen) atoms. The molecule has 0 atom stereocenters. The molecule has 0 aliphatic carbocycles. The van der Waals surface area contributed by atoms with Crippen LogP contribution in [0, 0.1) is 0 Å². The number of aromatic nitrogens is 1. The number of hydrogen-bond acceptors (Lipinski definition) is 3. The number of amides is 1. The lowest BCUT2D eigenvalue weighted by Crippen LogP contribution is -2.32. The molecule has 0 aliphatic rings. The second kappa shape index (κ2) is 5.87. The van der Waals surface area contributed by atoms with E-state index >= 15 is 0 Å². The lowest BCUT2D eigenvalue weighted by molar-refractivity contribution is -0.137. The summed E-state index contributed by atoms with van der Waals surface area (Å²) in [5.41, 5.74) is -1.48. The molecular weight excluding hydrogens is 297 g/mol. The molecule has 1 aromatic rings. The van der Waals surface area contributed by atoms with E-state index in [0.29, 0.717) is 6.20 Å². The maximum atomic E-state index is 12.4. The Labute approximate surface area is 119 Å². The number of hydrogen-bond donors (Lipinski definition) is 1. The van der Waals surface area contributed by atoms with E-state index in [2.05, 4.69) is 10.3 Å². The highest BCUT2D eigenvalue weighted by atomic mass is 35.5. The van der Waals surface area contributed by atoms with E-state index in [-0.39, 0.29) is 17.3 Å². The molecule has 1 heterocycles. The van der Waals surface area contributed by atoms with Gasteiger partial charge in [-0.05, 0) is 26.8 Å². The van der Waals surface area contributed by atoms with E-state index in [1.54, 1.807) is 20.8 Å². The van der Waals surface area contributed by atoms with Crippen LogP contribution >= 0.6 is 11.6 Å². The topological polar surface area (TPSA) is 51.2 Å². The molecule has 4 nitrogen and oxygen atoms in total. The number of halogens is 4. The van der Waals surface area contributed by atoms with Gasteiger partial charge in [0.05, 0.1) is 22.8 Å². The van der Waals surface area contributed by atoms with Crippen molar-refractivity contribution in [1.82, 2.24) is 10.3 Å². The van der Waals surface area contributed by atoms with E-state index in [0.717, 1.165) is 6.07 Å². The third-order valence-electron chi connectivity index (χ3n) is 2.04. The normalized spacial score (nSPS) is 12.2. The van der Waals surface area contributed by atoms with Crippen molar-refractivity contribution < 1.29 is 22.7 Å². The number of pyridine rings is 1. The number of rotatable bonds is 2. The first-order valence-corrected chi connectivity index (χ1v) is 6.05. The highest BCUT2D eigenvalue weighted by Crippen LogP contribution is 2.30. The van der Waals surface area contributed by atoms with Gasteiger partial charge in [-0.25, -0.2) is 4.79 Å². The van der Waals surface area contributed by atoms with E-state index in [9.17, 15) is 18.0 Å². The Hall–Kier alpha value is -1.50. The molecule has 0 saturated heterocycles. The molecule has 0 unspecified atom stereocenters. The Morgan fingerprint density at radius 3 is 2.45 bits per heavy atom. The number of carbonyl (C=O) groups excluding carboxylic acids is 1. The van der Waals surface area contributed by atoms with Crippen molar-refractivity contribution in [2.75, 3.05) is 0 Å². The number of nitrogens with one attached hydrogen (secondary N) is 1. The second-order valence-electron chi connectivity index (χ2n) is 5.01. The maximum Gasteiger partial charge on any atom is 0.417 e. The van der Waals surface area contributed by atoms with Gasteiger partial charge in [-0.15, -0.1) is 0 Å². The van der Waals surface area contributed by atoms with E-state index in [4.69, 9.17) is 16.3 Å². The quantitative estimate of drug-likeness (QED) is 0.904. The van der Waals surface area contributed by atoms with Crippen molar-refractivity contribution in [2.24, 2.45) is 0 Å². The molecule has 1 amide bonds. The highest BCUT2D eigenvalue weighted by Gasteiger charge is 2.31. The van der Waals surface area contributed by atoms with Crippen LogP contribution in [-0.4, -0.2) is 16.7 Å². The van der Waals surface area contributed by atoms with Crippen LogP contribution in [0.1, 0.15) is 32.0 Å². The van der Waals surface area contributed by atoms with Gasteiger partial charge in [0.25, 0.3) is 0 Å². The lowest BCUT2D eigenvalue weighted by atomic mass is 10.2. The minimum atomic E-state index is -4.51. The van der Waals surface area contributed by atoms with Crippen LogP contribution in [0.5, 0.6) is 0 Å². The van der Waals surface area contributed by atoms with Crippen LogP contribution in [0.3, 0.4) is 0 Å². The Bertz CT molecular complexity index is 498. The summed E-state index contributed by atoms with van der Waals surface area (Å²) in [5, 5.41) is 2.19. The first kappa shape index (κ1) is 16.6. The van der Waals surface area contributed by atoms with Gasteiger partial charge >= 0.3 is 12.3 Å². The zero-order valence-electron chi connectivity index (χ0n) is 11.1. The molecule has 0 spiro atoms. The van der Waals surface area contributed by atoms with Gasteiger partial charge in [-0.2, -0.15) is 13.2 Å². The Balaban J connectivity index is 2.68. The van der Waals surface area contributed by atoms with Gasteiger partial charge in [-0.3, -0.25) is 4.98 Å². The van der Waals surface area contributed by atoms with Crippen LogP contribution in [-0.2, 0) is 17.5 Å². The minimum Gasteiger partial charge on any atom is -0.444 e. The van der Waals surface area contributed by atoms with Crippen molar-refractivity contribution in [3.63, 3.8) is 0 Å². The summed E-state index contributed by atoms with van der Waals surface area (Å²) in [6.07, 6.45) is -4.54. The van der Waals surface area contributed by atoms with Gasteiger partial charge in [0.2, 0.25) is 0 Å². The van der Waals surface area contributed by atoms with Crippen LogP contribution in [0.25, 0.3) is 0 Å². The number of ether oxygens (including phenoxy) is 1. The average molecular weight is 311 g/mol. The number of carbonyl (C=O) groups is 1. The molecule has 0 radical (unpaired) electrons. The summed E-state index contributed by atoms with van der Waals surface area (Å²) < 4.78 is 42.2. The molecule has 0 fully saturated rings. The fourth-order valence-electron chi connectivity index (χ4n) is 1.22. The van der Waals surface area contributed by atoms with Gasteiger partial charge in [0, 0.05) is 6.20 Å². The molecule has 112 valence electrons. The summed E-state index contributed by atoms with van der Waals surface area (Å²) in [4.78, 5) is 15.0. The van der Waals surface area contributed by atoms with Crippen molar-refractivity contribution in [1.29, 1.82) is 0 Å². The number of alkyl halides is 3. The molecule has 0 bridgehead atoms. The second-order valence-corrected chi connectivity index (χ2v) is 5.41. The molecule has 0 aliphatic heterocycles. The van der Waals surface area contributed by atoms with Gasteiger partial charge in [0.15, 0.2) is 0 Å². The lowest BCUT2D eigenvalue weighted by Gasteiger charge is -2.19. The van der Waals surface area contributed by atoms with Crippen molar-refractivity contribution >= 4 is 17.7 Å². The standard InChI is InChI=1S/C12H14ClF3N2O2/c1-11(2,3)20-10(19)18-6-9-8(13)4-7(5-17-9)12(14,15)16/h4-5H,6H2,1-3H3,(H,18,19). The van der Waals surface area contributed by atoms with E-state index in [1.807, 2.05) is 0 Å². The summed E-state index contributed by atoms with van der Waals surface area (Å²) in [6.45, 7) is 4.95. The highest BCUT2D eigenvalue weighted by molar-refractivity contribution is 6.31. The van der Waals surface area contributed by atoms with Gasteiger partial charge in [-0.1, -0.05) is 11.6 Å². The first-order chi connectivity index (χ1) is 8.99. The monoisotopic (exact) mass is 310 g/mol. The maximum absolute atomic E-state index is 12.4. The van der Waals surface area contributed by atoms with Gasteiger partial charge in [0.1, 0.15) is 5.60 Å². The molecule has 8 heteroatoms. The molecular formula is C12H14ClF3N2O2. The van der Waals surface area contributed by atoms with Crippen LogP contribution in [0.2, 0.25) is 5.02 Å². The zero-order chi connectivity index (χ0) is 15.6. The Morgan fingerprint density at radius 1 is 1.40 bits per heavy atom. The Kier molecular flexibility index (Phi) is 4.86. The fourth-order valence-corrected chi connectivity index (χ4v) is 1.45. The van der Waals surface area contributed by atoms with Crippen LogP contribution in [0.4, 0.5) is 18.0 Å². The van der Waals surface area contributed by atoms with Crippen LogP contribution in [0.15, 0.2) is 12.3 Å². The third-order valence-corrected chi connectivity index (χ3v) is 2.37. The largest absolute Gasteiger partial charge is 0.444 e. The Morgan fingerprint density at radius 2 is 2.00 bits per heavy atom. The summed E-state index contributed by atoms with van der Waals surface area (Å²) in [6, 6.07) is 0.765. The smallest absolute Gasteiger partial charge is 0.417 e.